The average molecular weight is 292 g/mol. The van der Waals surface area contributed by atoms with Crippen LogP contribution in [0.15, 0.2) is 33.9 Å². The van der Waals surface area contributed by atoms with Crippen molar-refractivity contribution >= 4 is 11.5 Å². The Hall–Kier alpha value is -2.57. The van der Waals surface area contributed by atoms with Crippen LogP contribution in [0.1, 0.15) is 12.5 Å². The molecule has 0 saturated carbocycles. The number of aromatic nitrogens is 2. The molecule has 7 heteroatoms. The van der Waals surface area contributed by atoms with E-state index in [0.717, 1.165) is 0 Å². The fourth-order valence-corrected chi connectivity index (χ4v) is 2.10. The van der Waals surface area contributed by atoms with Crippen molar-refractivity contribution in [2.75, 3.05) is 17.6 Å². The standard InChI is InChI=1S/C14H17FN4O2/c1-2-19-12(16)11(13(20)18-14(19)21)17-8-7-9-5-3-4-6-10(9)15/h3-6,17H,2,7-8,16H2,1H3,(H,18,20,21). The lowest BCUT2D eigenvalue weighted by atomic mass is 10.1. The summed E-state index contributed by atoms with van der Waals surface area (Å²) in [6.45, 7) is 2.43. The minimum atomic E-state index is -0.573. The molecule has 0 bridgehead atoms. The van der Waals surface area contributed by atoms with E-state index in [4.69, 9.17) is 5.73 Å². The van der Waals surface area contributed by atoms with E-state index in [1.807, 2.05) is 0 Å². The molecule has 4 N–H and O–H groups in total. The number of benzene rings is 1. The maximum atomic E-state index is 13.5. The van der Waals surface area contributed by atoms with Gasteiger partial charge < -0.3 is 11.1 Å². The molecule has 112 valence electrons. The zero-order valence-electron chi connectivity index (χ0n) is 11.6. The van der Waals surface area contributed by atoms with Crippen molar-refractivity contribution in [3.8, 4) is 0 Å². The number of H-pyrrole nitrogens is 1. The Kier molecular flexibility index (Phi) is 4.42. The summed E-state index contributed by atoms with van der Waals surface area (Å²) in [6.07, 6.45) is 0.400. The summed E-state index contributed by atoms with van der Waals surface area (Å²) in [7, 11) is 0. The number of hydrogen-bond acceptors (Lipinski definition) is 4. The summed E-state index contributed by atoms with van der Waals surface area (Å²) < 4.78 is 14.7. The highest BCUT2D eigenvalue weighted by Gasteiger charge is 2.10. The second kappa shape index (κ2) is 6.25. The molecule has 1 aromatic heterocycles. The number of halogens is 1. The summed E-state index contributed by atoms with van der Waals surface area (Å²) in [6, 6.07) is 6.42. The molecular formula is C14H17FN4O2. The third kappa shape index (κ3) is 3.13. The molecule has 2 aromatic rings. The lowest BCUT2D eigenvalue weighted by Crippen LogP contribution is -2.34. The Morgan fingerprint density at radius 1 is 1.33 bits per heavy atom. The molecule has 0 aliphatic heterocycles. The Balaban J connectivity index is 2.16. The lowest BCUT2D eigenvalue weighted by Gasteiger charge is -2.12. The van der Waals surface area contributed by atoms with Crippen LogP contribution >= 0.6 is 0 Å². The minimum Gasteiger partial charge on any atom is -0.383 e. The van der Waals surface area contributed by atoms with Gasteiger partial charge in [-0.25, -0.2) is 9.18 Å². The molecular weight excluding hydrogens is 275 g/mol. The zero-order valence-corrected chi connectivity index (χ0v) is 11.6. The first kappa shape index (κ1) is 14.8. The third-order valence-electron chi connectivity index (χ3n) is 3.21. The molecule has 6 nitrogen and oxygen atoms in total. The van der Waals surface area contributed by atoms with Gasteiger partial charge in [-0.3, -0.25) is 14.3 Å². The van der Waals surface area contributed by atoms with Crippen molar-refractivity contribution in [1.82, 2.24) is 9.55 Å². The van der Waals surface area contributed by atoms with E-state index in [2.05, 4.69) is 10.3 Å². The largest absolute Gasteiger partial charge is 0.383 e. The molecule has 0 radical (unpaired) electrons. The van der Waals surface area contributed by atoms with Crippen LogP contribution in [0.2, 0.25) is 0 Å². The Morgan fingerprint density at radius 2 is 2.05 bits per heavy atom. The van der Waals surface area contributed by atoms with Gasteiger partial charge in [0, 0.05) is 13.1 Å². The highest BCUT2D eigenvalue weighted by Crippen LogP contribution is 2.11. The van der Waals surface area contributed by atoms with Crippen molar-refractivity contribution in [3.63, 3.8) is 0 Å². The fourth-order valence-electron chi connectivity index (χ4n) is 2.10. The Morgan fingerprint density at radius 3 is 2.71 bits per heavy atom. The van der Waals surface area contributed by atoms with E-state index in [1.165, 1.54) is 10.6 Å². The highest BCUT2D eigenvalue weighted by atomic mass is 19.1. The Labute approximate surface area is 120 Å². The van der Waals surface area contributed by atoms with Crippen molar-refractivity contribution in [2.45, 2.75) is 19.9 Å². The minimum absolute atomic E-state index is 0.0831. The van der Waals surface area contributed by atoms with Gasteiger partial charge in [0.1, 0.15) is 17.3 Å². The molecule has 2 rings (SSSR count). The van der Waals surface area contributed by atoms with Gasteiger partial charge in [-0.2, -0.15) is 0 Å². The SMILES string of the molecule is CCn1c(N)c(NCCc2ccccc2F)c(=O)[nH]c1=O. The molecule has 0 aliphatic rings. The maximum absolute atomic E-state index is 13.5. The van der Waals surface area contributed by atoms with Crippen molar-refractivity contribution in [3.05, 3.63) is 56.5 Å². The van der Waals surface area contributed by atoms with E-state index in [9.17, 15) is 14.0 Å². The van der Waals surface area contributed by atoms with Crippen LogP contribution in [0, 0.1) is 5.82 Å². The number of nitrogens with one attached hydrogen (secondary N) is 2. The molecule has 0 atom stereocenters. The second-order valence-electron chi connectivity index (χ2n) is 4.53. The van der Waals surface area contributed by atoms with E-state index >= 15 is 0 Å². The van der Waals surface area contributed by atoms with Gasteiger partial charge in [0.05, 0.1) is 0 Å². The van der Waals surface area contributed by atoms with E-state index in [-0.39, 0.29) is 17.3 Å². The molecule has 0 spiro atoms. The molecule has 0 saturated heterocycles. The second-order valence-corrected chi connectivity index (χ2v) is 4.53. The van der Waals surface area contributed by atoms with Gasteiger partial charge in [-0.15, -0.1) is 0 Å². The summed E-state index contributed by atoms with van der Waals surface area (Å²) in [5, 5.41) is 2.86. The molecule has 0 fully saturated rings. The molecule has 1 heterocycles. The van der Waals surface area contributed by atoms with Crippen LogP contribution in [0.5, 0.6) is 0 Å². The maximum Gasteiger partial charge on any atom is 0.330 e. The molecule has 0 aliphatic carbocycles. The van der Waals surface area contributed by atoms with Gasteiger partial charge in [-0.05, 0) is 25.0 Å². The molecule has 0 amide bonds. The lowest BCUT2D eigenvalue weighted by molar-refractivity contribution is 0.610. The number of aromatic amines is 1. The first-order chi connectivity index (χ1) is 10.0. The number of nitrogen functional groups attached to an aromatic ring is 1. The summed E-state index contributed by atoms with van der Waals surface area (Å²) in [5.74, 6) is -0.209. The quantitative estimate of drug-likeness (QED) is 0.764. The molecule has 0 unspecified atom stereocenters. The first-order valence-corrected chi connectivity index (χ1v) is 6.64. The predicted molar refractivity (Wildman–Crippen MR) is 80.0 cm³/mol. The van der Waals surface area contributed by atoms with Gasteiger partial charge in [0.25, 0.3) is 5.56 Å². The van der Waals surface area contributed by atoms with Crippen LogP contribution in [-0.4, -0.2) is 16.1 Å². The topological polar surface area (TPSA) is 92.9 Å². The smallest absolute Gasteiger partial charge is 0.330 e. The van der Waals surface area contributed by atoms with Crippen LogP contribution < -0.4 is 22.3 Å². The van der Waals surface area contributed by atoms with Crippen LogP contribution in [-0.2, 0) is 13.0 Å². The number of hydrogen-bond donors (Lipinski definition) is 3. The normalized spacial score (nSPS) is 10.6. The zero-order chi connectivity index (χ0) is 15.4. The molecule has 21 heavy (non-hydrogen) atoms. The summed E-state index contributed by atoms with van der Waals surface area (Å²) >= 11 is 0. The summed E-state index contributed by atoms with van der Waals surface area (Å²) in [4.78, 5) is 25.5. The van der Waals surface area contributed by atoms with Gasteiger partial charge in [0.2, 0.25) is 0 Å². The molecule has 1 aromatic carbocycles. The van der Waals surface area contributed by atoms with Gasteiger partial charge in [-0.1, -0.05) is 18.2 Å². The number of rotatable bonds is 5. The third-order valence-corrected chi connectivity index (χ3v) is 3.21. The van der Waals surface area contributed by atoms with Crippen LogP contribution in [0.25, 0.3) is 0 Å². The van der Waals surface area contributed by atoms with E-state index in [1.54, 1.807) is 25.1 Å². The van der Waals surface area contributed by atoms with Gasteiger partial charge in [0.15, 0.2) is 0 Å². The van der Waals surface area contributed by atoms with Gasteiger partial charge >= 0.3 is 5.69 Å². The summed E-state index contributed by atoms with van der Waals surface area (Å²) in [5.41, 5.74) is 5.37. The first-order valence-electron chi connectivity index (χ1n) is 6.64. The predicted octanol–water partition coefficient (Wildman–Crippen LogP) is 0.932. The highest BCUT2D eigenvalue weighted by molar-refractivity contribution is 5.60. The number of anilines is 2. The van der Waals surface area contributed by atoms with Crippen molar-refractivity contribution in [2.24, 2.45) is 0 Å². The van der Waals surface area contributed by atoms with Crippen LogP contribution in [0.4, 0.5) is 15.9 Å². The fraction of sp³-hybridized carbons (Fsp3) is 0.286. The van der Waals surface area contributed by atoms with Crippen molar-refractivity contribution in [1.29, 1.82) is 0 Å². The average Bonchev–Trinajstić information content (AvgIpc) is 2.44. The monoisotopic (exact) mass is 292 g/mol. The van der Waals surface area contributed by atoms with E-state index in [0.29, 0.717) is 25.1 Å². The number of nitrogens with two attached hydrogens (primary N) is 1. The van der Waals surface area contributed by atoms with Crippen molar-refractivity contribution < 1.29 is 4.39 Å². The van der Waals surface area contributed by atoms with Crippen LogP contribution in [0.3, 0.4) is 0 Å². The Bertz CT molecular complexity index is 751. The number of nitrogens with zero attached hydrogens (tertiary/aromatic N) is 1. The van der Waals surface area contributed by atoms with E-state index < -0.39 is 11.2 Å².